The Morgan fingerprint density at radius 2 is 1.94 bits per heavy atom. The predicted molar refractivity (Wildman–Crippen MR) is 123 cm³/mol. The number of allylic oxidation sites excluding steroid dienone is 2. The molecule has 0 unspecified atom stereocenters. The molecule has 0 atom stereocenters. The van der Waals surface area contributed by atoms with Crippen LogP contribution in [-0.4, -0.2) is 19.3 Å². The van der Waals surface area contributed by atoms with Gasteiger partial charge in [-0.2, -0.15) is 13.2 Å². The lowest BCUT2D eigenvalue weighted by atomic mass is 10.0. The van der Waals surface area contributed by atoms with Crippen molar-refractivity contribution in [3.63, 3.8) is 0 Å². The Balaban J connectivity index is 1.73. The predicted octanol–water partition coefficient (Wildman–Crippen LogP) is 5.61. The summed E-state index contributed by atoms with van der Waals surface area (Å²) in [6.07, 6.45) is 4.71. The van der Waals surface area contributed by atoms with Crippen molar-refractivity contribution in [2.75, 3.05) is 0 Å². The normalized spacial score (nSPS) is 13.7. The zero-order valence-corrected chi connectivity index (χ0v) is 19.0. The molecule has 4 rings (SSSR count). The van der Waals surface area contributed by atoms with Gasteiger partial charge in [0.15, 0.2) is 5.82 Å². The van der Waals surface area contributed by atoms with E-state index in [4.69, 9.17) is 4.74 Å². The lowest BCUT2D eigenvalue weighted by molar-refractivity contribution is -0.137. The summed E-state index contributed by atoms with van der Waals surface area (Å²) in [4.78, 5) is 12.2. The van der Waals surface area contributed by atoms with Crippen LogP contribution in [0, 0.1) is 6.92 Å². The van der Waals surface area contributed by atoms with E-state index in [1.165, 1.54) is 12.1 Å². The van der Waals surface area contributed by atoms with E-state index in [2.05, 4.69) is 10.2 Å². The van der Waals surface area contributed by atoms with Gasteiger partial charge < -0.3 is 13.9 Å². The highest BCUT2D eigenvalue weighted by molar-refractivity contribution is 5.71. The maximum absolute atomic E-state index is 13.5. The molecule has 34 heavy (non-hydrogen) atoms. The molecule has 0 fully saturated rings. The third-order valence-corrected chi connectivity index (χ3v) is 5.64. The fourth-order valence-electron chi connectivity index (χ4n) is 3.78. The van der Waals surface area contributed by atoms with Gasteiger partial charge in [0.2, 0.25) is 0 Å². The van der Waals surface area contributed by atoms with Crippen LogP contribution in [0.2, 0.25) is 0 Å². The molecule has 0 N–H and O–H groups in total. The van der Waals surface area contributed by atoms with Crippen molar-refractivity contribution in [3.05, 3.63) is 82.0 Å². The summed E-state index contributed by atoms with van der Waals surface area (Å²) < 4.78 is 50.0. The molecule has 0 saturated heterocycles. The van der Waals surface area contributed by atoms with E-state index in [1.54, 1.807) is 29.0 Å². The molecule has 1 aromatic carbocycles. The first-order valence-electron chi connectivity index (χ1n) is 11.1. The highest BCUT2D eigenvalue weighted by atomic mass is 19.4. The van der Waals surface area contributed by atoms with Crippen LogP contribution in [0.4, 0.5) is 13.2 Å². The van der Waals surface area contributed by atoms with Gasteiger partial charge in [-0.15, -0.1) is 10.2 Å². The number of halogens is 3. The largest absolute Gasteiger partial charge is 0.457 e. The van der Waals surface area contributed by atoms with Gasteiger partial charge in [0.25, 0.3) is 5.56 Å². The first kappa shape index (κ1) is 23.5. The van der Waals surface area contributed by atoms with Gasteiger partial charge in [0.05, 0.1) is 5.56 Å². The standard InChI is InChI=1S/C25H25F3N4O2/c1-3-4-13-31-16-18(7-12-24(31)33)21-10-8-19(25(26,27)28)15-22(21)34-20-6-5-14-32-17(2)29-30-23(32)11-9-20/h6-12,15-16H,3-5,13-14H2,1-2H3. The molecule has 0 bridgehead atoms. The fraction of sp³-hybridized carbons (Fsp3) is 0.320. The van der Waals surface area contributed by atoms with Crippen LogP contribution in [-0.2, 0) is 19.3 Å². The van der Waals surface area contributed by atoms with Crippen LogP contribution >= 0.6 is 0 Å². The molecule has 3 aromatic rings. The molecule has 0 amide bonds. The smallest absolute Gasteiger partial charge is 0.416 e. The molecule has 0 aliphatic carbocycles. The molecule has 178 valence electrons. The maximum Gasteiger partial charge on any atom is 0.416 e. The van der Waals surface area contributed by atoms with Crippen LogP contribution in [0.15, 0.2) is 59.2 Å². The van der Waals surface area contributed by atoms with Crippen molar-refractivity contribution in [1.82, 2.24) is 19.3 Å². The van der Waals surface area contributed by atoms with E-state index in [9.17, 15) is 18.0 Å². The summed E-state index contributed by atoms with van der Waals surface area (Å²) >= 11 is 0. The number of nitrogens with zero attached hydrogens (tertiary/aromatic N) is 4. The first-order valence-corrected chi connectivity index (χ1v) is 11.1. The SMILES string of the molecule is CCCCn1cc(-c2ccc(C(F)(F)F)cc2OC2=CCCn3c(C)nnc3C=C2)ccc1=O. The van der Waals surface area contributed by atoms with Gasteiger partial charge in [-0.25, -0.2) is 0 Å². The second-order valence-electron chi connectivity index (χ2n) is 8.10. The summed E-state index contributed by atoms with van der Waals surface area (Å²) in [5.41, 5.74) is 0.104. The summed E-state index contributed by atoms with van der Waals surface area (Å²) in [5.74, 6) is 1.91. The first-order chi connectivity index (χ1) is 16.3. The van der Waals surface area contributed by atoms with Gasteiger partial charge in [0, 0.05) is 36.5 Å². The molecule has 2 aromatic heterocycles. The van der Waals surface area contributed by atoms with Gasteiger partial charge in [-0.05, 0) is 62.3 Å². The van der Waals surface area contributed by atoms with E-state index in [1.807, 2.05) is 24.5 Å². The van der Waals surface area contributed by atoms with Gasteiger partial charge in [-0.3, -0.25) is 4.79 Å². The van der Waals surface area contributed by atoms with Crippen molar-refractivity contribution >= 4 is 6.08 Å². The van der Waals surface area contributed by atoms with E-state index < -0.39 is 11.7 Å². The molecule has 9 heteroatoms. The number of alkyl halides is 3. The Morgan fingerprint density at radius 3 is 2.71 bits per heavy atom. The summed E-state index contributed by atoms with van der Waals surface area (Å²) in [7, 11) is 0. The summed E-state index contributed by atoms with van der Waals surface area (Å²) in [5, 5.41) is 8.18. The lowest BCUT2D eigenvalue weighted by Gasteiger charge is -2.17. The zero-order chi connectivity index (χ0) is 24.3. The fourth-order valence-corrected chi connectivity index (χ4v) is 3.78. The Bertz CT molecular complexity index is 1300. The highest BCUT2D eigenvalue weighted by Crippen LogP contribution is 2.38. The van der Waals surface area contributed by atoms with Gasteiger partial charge in [0.1, 0.15) is 17.3 Å². The van der Waals surface area contributed by atoms with Gasteiger partial charge >= 0.3 is 6.18 Å². The van der Waals surface area contributed by atoms with Crippen LogP contribution in [0.1, 0.15) is 43.4 Å². The number of aromatic nitrogens is 4. The van der Waals surface area contributed by atoms with Crippen molar-refractivity contribution in [3.8, 4) is 16.9 Å². The second-order valence-corrected chi connectivity index (χ2v) is 8.10. The third kappa shape index (κ3) is 5.13. The van der Waals surface area contributed by atoms with E-state index in [-0.39, 0.29) is 11.3 Å². The number of hydrogen-bond donors (Lipinski definition) is 0. The van der Waals surface area contributed by atoms with Crippen LogP contribution in [0.5, 0.6) is 5.75 Å². The molecule has 0 saturated carbocycles. The number of pyridine rings is 1. The molecule has 3 heterocycles. The minimum Gasteiger partial charge on any atom is -0.457 e. The Morgan fingerprint density at radius 1 is 1.12 bits per heavy atom. The molecule has 0 radical (unpaired) electrons. The summed E-state index contributed by atoms with van der Waals surface area (Å²) in [6, 6.07) is 6.44. The van der Waals surface area contributed by atoms with Crippen molar-refractivity contribution in [2.45, 2.75) is 52.4 Å². The van der Waals surface area contributed by atoms with Crippen LogP contribution in [0.25, 0.3) is 17.2 Å². The molecular formula is C25H25F3N4O2. The third-order valence-electron chi connectivity index (χ3n) is 5.64. The number of aryl methyl sites for hydroxylation is 2. The molecule has 1 aliphatic rings. The number of hydrogen-bond acceptors (Lipinski definition) is 4. The topological polar surface area (TPSA) is 61.9 Å². The van der Waals surface area contributed by atoms with Crippen LogP contribution in [0.3, 0.4) is 0 Å². The minimum absolute atomic E-state index is 0.0598. The van der Waals surface area contributed by atoms with Crippen molar-refractivity contribution < 1.29 is 17.9 Å². The minimum atomic E-state index is -4.52. The second kappa shape index (κ2) is 9.70. The summed E-state index contributed by atoms with van der Waals surface area (Å²) in [6.45, 7) is 5.05. The van der Waals surface area contributed by atoms with Crippen LogP contribution < -0.4 is 10.3 Å². The molecular weight excluding hydrogens is 445 g/mol. The monoisotopic (exact) mass is 470 g/mol. The van der Waals surface area contributed by atoms with Gasteiger partial charge in [-0.1, -0.05) is 13.3 Å². The molecule has 1 aliphatic heterocycles. The van der Waals surface area contributed by atoms with Crippen molar-refractivity contribution in [2.24, 2.45) is 0 Å². The molecule has 6 nitrogen and oxygen atoms in total. The van der Waals surface area contributed by atoms with E-state index >= 15 is 0 Å². The average Bonchev–Trinajstić information content (AvgIpc) is 3.13. The maximum atomic E-state index is 13.5. The van der Waals surface area contributed by atoms with E-state index in [0.717, 1.165) is 30.8 Å². The number of benzene rings is 1. The quantitative estimate of drug-likeness (QED) is 0.470. The van der Waals surface area contributed by atoms with E-state index in [0.29, 0.717) is 42.2 Å². The number of rotatable bonds is 6. The Hall–Kier alpha value is -3.62. The lowest BCUT2D eigenvalue weighted by Crippen LogP contribution is -2.18. The highest BCUT2D eigenvalue weighted by Gasteiger charge is 2.31. The number of ether oxygens (including phenoxy) is 1. The number of unbranched alkanes of at least 4 members (excludes halogenated alkanes) is 1. The average molecular weight is 470 g/mol. The van der Waals surface area contributed by atoms with Crippen molar-refractivity contribution in [1.29, 1.82) is 0 Å². The molecule has 0 spiro atoms. The zero-order valence-electron chi connectivity index (χ0n) is 19.0. The number of fused-ring (bicyclic) bond motifs is 1. The Labute approximate surface area is 195 Å². The Kier molecular flexibility index (Phi) is 6.72.